The van der Waals surface area contributed by atoms with Gasteiger partial charge in [0.25, 0.3) is 0 Å². The topological polar surface area (TPSA) is 66.5 Å². The zero-order valence-electron chi connectivity index (χ0n) is 8.61. The molecule has 2 rings (SSSR count). The van der Waals surface area contributed by atoms with Crippen molar-refractivity contribution in [3.8, 4) is 0 Å². The maximum absolute atomic E-state index is 11.4. The van der Waals surface area contributed by atoms with Crippen LogP contribution < -0.4 is 5.32 Å². The SMILES string of the molecule is O=C(CN1CCS(=O)(=O)CC1)NC1CC1. The largest absolute Gasteiger partial charge is 0.352 e. The van der Waals surface area contributed by atoms with Crippen molar-refractivity contribution in [2.45, 2.75) is 18.9 Å². The molecule has 0 aromatic carbocycles. The summed E-state index contributed by atoms with van der Waals surface area (Å²) < 4.78 is 22.3. The molecule has 1 saturated carbocycles. The summed E-state index contributed by atoms with van der Waals surface area (Å²) in [5, 5.41) is 2.89. The van der Waals surface area contributed by atoms with Gasteiger partial charge in [-0.2, -0.15) is 0 Å². The third-order valence-electron chi connectivity index (χ3n) is 2.75. The number of sulfone groups is 1. The Morgan fingerprint density at radius 1 is 1.27 bits per heavy atom. The standard InChI is InChI=1S/C9H16N2O3S/c12-9(10-8-1-2-8)7-11-3-5-15(13,14)6-4-11/h8H,1-7H2,(H,10,12). The molecule has 0 aromatic heterocycles. The third-order valence-corrected chi connectivity index (χ3v) is 4.36. The van der Waals surface area contributed by atoms with Crippen LogP contribution in [0.15, 0.2) is 0 Å². The van der Waals surface area contributed by atoms with Crippen LogP contribution in [0.5, 0.6) is 0 Å². The van der Waals surface area contributed by atoms with Gasteiger partial charge in [0.15, 0.2) is 9.84 Å². The first kappa shape index (κ1) is 10.9. The molecule has 1 N–H and O–H groups in total. The molecule has 86 valence electrons. The van der Waals surface area contributed by atoms with Crippen LogP contribution in [-0.2, 0) is 14.6 Å². The Morgan fingerprint density at radius 3 is 2.40 bits per heavy atom. The Morgan fingerprint density at radius 2 is 1.87 bits per heavy atom. The summed E-state index contributed by atoms with van der Waals surface area (Å²) in [4.78, 5) is 13.3. The van der Waals surface area contributed by atoms with Crippen molar-refractivity contribution >= 4 is 15.7 Å². The van der Waals surface area contributed by atoms with E-state index in [1.807, 2.05) is 4.90 Å². The normalized spacial score (nSPS) is 26.1. The minimum Gasteiger partial charge on any atom is -0.352 e. The number of hydrogen-bond acceptors (Lipinski definition) is 4. The van der Waals surface area contributed by atoms with Gasteiger partial charge in [-0.05, 0) is 12.8 Å². The van der Waals surface area contributed by atoms with Crippen LogP contribution in [0.2, 0.25) is 0 Å². The van der Waals surface area contributed by atoms with Gasteiger partial charge in [-0.3, -0.25) is 9.69 Å². The molecule has 0 spiro atoms. The van der Waals surface area contributed by atoms with Crippen LogP contribution in [0.3, 0.4) is 0 Å². The Kier molecular flexibility index (Phi) is 2.97. The van der Waals surface area contributed by atoms with E-state index in [0.29, 0.717) is 25.7 Å². The van der Waals surface area contributed by atoms with E-state index >= 15 is 0 Å². The zero-order valence-corrected chi connectivity index (χ0v) is 9.42. The molecule has 2 aliphatic rings. The molecule has 2 fully saturated rings. The van der Waals surface area contributed by atoms with E-state index in [-0.39, 0.29) is 17.4 Å². The van der Waals surface area contributed by atoms with Crippen molar-refractivity contribution in [1.29, 1.82) is 0 Å². The lowest BCUT2D eigenvalue weighted by Crippen LogP contribution is -2.45. The number of nitrogens with zero attached hydrogens (tertiary/aromatic N) is 1. The molecule has 0 aromatic rings. The van der Waals surface area contributed by atoms with Crippen LogP contribution in [0.1, 0.15) is 12.8 Å². The van der Waals surface area contributed by atoms with E-state index in [1.165, 1.54) is 0 Å². The van der Waals surface area contributed by atoms with Crippen LogP contribution in [-0.4, -0.2) is 56.4 Å². The van der Waals surface area contributed by atoms with E-state index in [0.717, 1.165) is 12.8 Å². The first-order valence-electron chi connectivity index (χ1n) is 5.27. The minimum atomic E-state index is -2.84. The average Bonchev–Trinajstić information content (AvgIpc) is 2.92. The monoisotopic (exact) mass is 232 g/mol. The fourth-order valence-corrected chi connectivity index (χ4v) is 2.89. The van der Waals surface area contributed by atoms with Crippen molar-refractivity contribution in [2.75, 3.05) is 31.1 Å². The molecule has 5 nitrogen and oxygen atoms in total. The molecule has 15 heavy (non-hydrogen) atoms. The minimum absolute atomic E-state index is 0.0248. The van der Waals surface area contributed by atoms with Gasteiger partial charge in [0.05, 0.1) is 18.1 Å². The van der Waals surface area contributed by atoms with Gasteiger partial charge < -0.3 is 5.32 Å². The van der Waals surface area contributed by atoms with Crippen molar-refractivity contribution in [3.63, 3.8) is 0 Å². The molecule has 0 bridgehead atoms. The highest BCUT2D eigenvalue weighted by atomic mass is 32.2. The maximum Gasteiger partial charge on any atom is 0.234 e. The Balaban J connectivity index is 1.73. The van der Waals surface area contributed by atoms with Gasteiger partial charge in [-0.1, -0.05) is 0 Å². The van der Waals surface area contributed by atoms with Crippen LogP contribution >= 0.6 is 0 Å². The van der Waals surface area contributed by atoms with E-state index < -0.39 is 9.84 Å². The molecule has 6 heteroatoms. The summed E-state index contributed by atoms with van der Waals surface area (Å²) >= 11 is 0. The molecule has 1 heterocycles. The van der Waals surface area contributed by atoms with Gasteiger partial charge >= 0.3 is 0 Å². The lowest BCUT2D eigenvalue weighted by molar-refractivity contribution is -0.122. The molecule has 1 aliphatic carbocycles. The fourth-order valence-electron chi connectivity index (χ4n) is 1.61. The first-order chi connectivity index (χ1) is 7.05. The van der Waals surface area contributed by atoms with E-state index in [2.05, 4.69) is 5.32 Å². The van der Waals surface area contributed by atoms with Crippen LogP contribution in [0.25, 0.3) is 0 Å². The summed E-state index contributed by atoms with van der Waals surface area (Å²) in [5.74, 6) is 0.393. The molecule has 1 saturated heterocycles. The molecular formula is C9H16N2O3S. The summed E-state index contributed by atoms with van der Waals surface area (Å²) in [6.45, 7) is 1.31. The zero-order chi connectivity index (χ0) is 10.9. The fraction of sp³-hybridized carbons (Fsp3) is 0.889. The van der Waals surface area contributed by atoms with Gasteiger partial charge in [-0.25, -0.2) is 8.42 Å². The highest BCUT2D eigenvalue weighted by Crippen LogP contribution is 2.18. The Hall–Kier alpha value is -0.620. The molecular weight excluding hydrogens is 216 g/mol. The smallest absolute Gasteiger partial charge is 0.234 e. The number of carbonyl (C=O) groups is 1. The average molecular weight is 232 g/mol. The Labute approximate surface area is 89.7 Å². The van der Waals surface area contributed by atoms with E-state index in [4.69, 9.17) is 0 Å². The molecule has 1 aliphatic heterocycles. The second-order valence-corrected chi connectivity index (χ2v) is 6.57. The van der Waals surface area contributed by atoms with Crippen molar-refractivity contribution in [1.82, 2.24) is 10.2 Å². The molecule has 0 atom stereocenters. The predicted octanol–water partition coefficient (Wildman–Crippen LogP) is -1.00. The molecule has 0 unspecified atom stereocenters. The quantitative estimate of drug-likeness (QED) is 0.677. The van der Waals surface area contributed by atoms with E-state index in [9.17, 15) is 13.2 Å². The van der Waals surface area contributed by atoms with Crippen LogP contribution in [0, 0.1) is 0 Å². The van der Waals surface area contributed by atoms with Crippen molar-refractivity contribution in [2.24, 2.45) is 0 Å². The lowest BCUT2D eigenvalue weighted by atomic mass is 10.4. The van der Waals surface area contributed by atoms with Gasteiger partial charge in [0.2, 0.25) is 5.91 Å². The van der Waals surface area contributed by atoms with Gasteiger partial charge in [0, 0.05) is 19.1 Å². The molecule has 1 amide bonds. The lowest BCUT2D eigenvalue weighted by Gasteiger charge is -2.25. The third kappa shape index (κ3) is 3.46. The van der Waals surface area contributed by atoms with Crippen molar-refractivity contribution < 1.29 is 13.2 Å². The van der Waals surface area contributed by atoms with Crippen LogP contribution in [0.4, 0.5) is 0 Å². The Bertz CT molecular complexity index is 334. The summed E-state index contributed by atoms with van der Waals surface area (Å²) in [5.41, 5.74) is 0. The predicted molar refractivity (Wildman–Crippen MR) is 56.3 cm³/mol. The summed E-state index contributed by atoms with van der Waals surface area (Å²) in [6, 6.07) is 0.381. The maximum atomic E-state index is 11.4. The highest BCUT2D eigenvalue weighted by molar-refractivity contribution is 7.91. The second kappa shape index (κ2) is 4.09. The van der Waals surface area contributed by atoms with Gasteiger partial charge in [0.1, 0.15) is 0 Å². The first-order valence-corrected chi connectivity index (χ1v) is 7.09. The number of carbonyl (C=O) groups excluding carboxylic acids is 1. The number of amides is 1. The number of nitrogens with one attached hydrogen (secondary N) is 1. The van der Waals surface area contributed by atoms with Gasteiger partial charge in [-0.15, -0.1) is 0 Å². The van der Waals surface area contributed by atoms with Crippen molar-refractivity contribution in [3.05, 3.63) is 0 Å². The molecule has 0 radical (unpaired) electrons. The summed E-state index contributed by atoms with van der Waals surface area (Å²) in [6.07, 6.45) is 2.17. The second-order valence-electron chi connectivity index (χ2n) is 4.27. The van der Waals surface area contributed by atoms with E-state index in [1.54, 1.807) is 0 Å². The highest BCUT2D eigenvalue weighted by Gasteiger charge is 2.26. The summed E-state index contributed by atoms with van der Waals surface area (Å²) in [7, 11) is -2.84. The number of rotatable bonds is 3. The number of hydrogen-bond donors (Lipinski definition) is 1.